The first kappa shape index (κ1) is 22.9. The van der Waals surface area contributed by atoms with Crippen molar-refractivity contribution < 1.29 is 22.0 Å². The van der Waals surface area contributed by atoms with E-state index in [1.165, 1.54) is 4.90 Å². The van der Waals surface area contributed by atoms with Crippen LogP contribution in [0.25, 0.3) is 11.1 Å². The number of carbonyl (C=O) groups excluding carboxylic acids is 1. The zero-order chi connectivity index (χ0) is 22.9. The van der Waals surface area contributed by atoms with Crippen molar-refractivity contribution in [2.45, 2.75) is 56.5 Å². The van der Waals surface area contributed by atoms with Gasteiger partial charge in [-0.3, -0.25) is 4.79 Å². The van der Waals surface area contributed by atoms with E-state index in [9.17, 15) is 22.0 Å². The lowest BCUT2D eigenvalue weighted by atomic mass is 9.84. The minimum atomic E-state index is -3.56. The van der Waals surface area contributed by atoms with Crippen LogP contribution in [0, 0.1) is 0 Å². The van der Waals surface area contributed by atoms with Crippen molar-refractivity contribution in [3.05, 3.63) is 59.7 Å². The summed E-state index contributed by atoms with van der Waals surface area (Å²) >= 11 is 0. The molecule has 0 aromatic heterocycles. The van der Waals surface area contributed by atoms with Crippen molar-refractivity contribution in [3.63, 3.8) is 0 Å². The van der Waals surface area contributed by atoms with E-state index in [2.05, 4.69) is 4.72 Å². The Labute approximate surface area is 187 Å². The van der Waals surface area contributed by atoms with Crippen LogP contribution >= 0.6 is 0 Å². The van der Waals surface area contributed by atoms with E-state index in [-0.39, 0.29) is 13.0 Å². The van der Waals surface area contributed by atoms with Crippen LogP contribution in [-0.4, -0.2) is 50.0 Å². The predicted octanol–water partition coefficient (Wildman–Crippen LogP) is 3.78. The van der Waals surface area contributed by atoms with Crippen LogP contribution in [-0.2, 0) is 27.7 Å². The summed E-state index contributed by atoms with van der Waals surface area (Å²) in [6.45, 7) is 0.203. The standard InChI is InChI=1S/C24H28F2N2O3S/c1-32(30,31)27-21-13-7-15-28-22(21)16-18-10-5-11-19(17-8-3-2-4-9-17)20(18)12-6-14-24(25,26)23(28)29/h2-5,8-11,21-22,27H,6-7,12-16H2,1H3. The topological polar surface area (TPSA) is 66.5 Å². The Kier molecular flexibility index (Phi) is 6.36. The number of fused-ring (bicyclic) bond motifs is 2. The summed E-state index contributed by atoms with van der Waals surface area (Å²) in [4.78, 5) is 14.0. The number of nitrogens with zero attached hydrogens (tertiary/aromatic N) is 1. The van der Waals surface area contributed by atoms with Crippen molar-refractivity contribution in [2.24, 2.45) is 0 Å². The van der Waals surface area contributed by atoms with Gasteiger partial charge in [0.2, 0.25) is 10.0 Å². The molecule has 8 heteroatoms. The number of sulfonamides is 1. The Bertz CT molecular complexity index is 1090. The highest BCUT2D eigenvalue weighted by Crippen LogP contribution is 2.35. The fraction of sp³-hybridized carbons (Fsp3) is 0.458. The zero-order valence-electron chi connectivity index (χ0n) is 18.1. The Morgan fingerprint density at radius 2 is 1.81 bits per heavy atom. The number of amides is 1. The van der Waals surface area contributed by atoms with Crippen LogP contribution in [0.15, 0.2) is 48.5 Å². The van der Waals surface area contributed by atoms with Crippen LogP contribution < -0.4 is 4.72 Å². The molecule has 2 heterocycles. The van der Waals surface area contributed by atoms with Gasteiger partial charge in [0.1, 0.15) is 0 Å². The predicted molar refractivity (Wildman–Crippen MR) is 120 cm³/mol. The molecule has 0 radical (unpaired) electrons. The molecule has 4 rings (SSSR count). The Hall–Kier alpha value is -2.32. The molecule has 2 aromatic rings. The van der Waals surface area contributed by atoms with Crippen molar-refractivity contribution in [3.8, 4) is 11.1 Å². The summed E-state index contributed by atoms with van der Waals surface area (Å²) in [5.41, 5.74) is 3.97. The molecule has 0 saturated carbocycles. The van der Waals surface area contributed by atoms with Crippen molar-refractivity contribution in [1.82, 2.24) is 9.62 Å². The van der Waals surface area contributed by atoms with Crippen LogP contribution in [0.5, 0.6) is 0 Å². The average Bonchev–Trinajstić information content (AvgIpc) is 2.74. The van der Waals surface area contributed by atoms with Crippen LogP contribution in [0.1, 0.15) is 36.8 Å². The fourth-order valence-electron chi connectivity index (χ4n) is 5.01. The van der Waals surface area contributed by atoms with Gasteiger partial charge >= 0.3 is 5.92 Å². The molecule has 2 aliphatic heterocycles. The highest BCUT2D eigenvalue weighted by atomic mass is 32.2. The van der Waals surface area contributed by atoms with Gasteiger partial charge in [0.15, 0.2) is 0 Å². The number of nitrogens with one attached hydrogen (secondary N) is 1. The van der Waals surface area contributed by atoms with E-state index in [0.29, 0.717) is 25.7 Å². The highest BCUT2D eigenvalue weighted by molar-refractivity contribution is 7.88. The third-order valence-electron chi connectivity index (χ3n) is 6.42. The number of hydrogen-bond donors (Lipinski definition) is 1. The van der Waals surface area contributed by atoms with Crippen molar-refractivity contribution in [2.75, 3.05) is 12.8 Å². The van der Waals surface area contributed by atoms with Gasteiger partial charge in [-0.25, -0.2) is 13.1 Å². The molecule has 2 atom stereocenters. The molecule has 5 nitrogen and oxygen atoms in total. The zero-order valence-corrected chi connectivity index (χ0v) is 18.9. The van der Waals surface area contributed by atoms with E-state index in [1.807, 2.05) is 48.5 Å². The normalized spacial score (nSPS) is 23.8. The maximum atomic E-state index is 14.9. The van der Waals surface area contributed by atoms with E-state index in [1.54, 1.807) is 0 Å². The molecule has 1 amide bonds. The summed E-state index contributed by atoms with van der Waals surface area (Å²) in [5.74, 6) is -4.66. The summed E-state index contributed by atoms with van der Waals surface area (Å²) in [7, 11) is -3.56. The van der Waals surface area contributed by atoms with Crippen LogP contribution in [0.3, 0.4) is 0 Å². The second-order valence-corrected chi connectivity index (χ2v) is 10.6. The molecule has 2 aliphatic rings. The van der Waals surface area contributed by atoms with Gasteiger partial charge in [0.25, 0.3) is 5.91 Å². The first-order valence-corrected chi connectivity index (χ1v) is 12.9. The van der Waals surface area contributed by atoms with Gasteiger partial charge in [-0.2, -0.15) is 8.78 Å². The molecule has 1 N–H and O–H groups in total. The van der Waals surface area contributed by atoms with E-state index in [4.69, 9.17) is 0 Å². The highest BCUT2D eigenvalue weighted by Gasteiger charge is 2.47. The summed E-state index contributed by atoms with van der Waals surface area (Å²) < 4.78 is 56.3. The Morgan fingerprint density at radius 1 is 1.06 bits per heavy atom. The molecule has 32 heavy (non-hydrogen) atoms. The molecular formula is C24H28F2N2O3S. The molecule has 172 valence electrons. The number of carbonyl (C=O) groups is 1. The van der Waals surface area contributed by atoms with Gasteiger partial charge in [-0.1, -0.05) is 48.5 Å². The lowest BCUT2D eigenvalue weighted by Crippen LogP contribution is -2.60. The second-order valence-electron chi connectivity index (χ2n) is 8.78. The summed E-state index contributed by atoms with van der Waals surface area (Å²) in [5, 5.41) is 0. The monoisotopic (exact) mass is 462 g/mol. The third kappa shape index (κ3) is 4.86. The number of hydrogen-bond acceptors (Lipinski definition) is 3. The van der Waals surface area contributed by atoms with Gasteiger partial charge in [-0.15, -0.1) is 0 Å². The van der Waals surface area contributed by atoms with Gasteiger partial charge < -0.3 is 4.90 Å². The summed E-state index contributed by atoms with van der Waals surface area (Å²) in [6, 6.07) is 14.4. The first-order valence-electron chi connectivity index (χ1n) is 11.0. The van der Waals surface area contributed by atoms with E-state index in [0.717, 1.165) is 28.5 Å². The third-order valence-corrected chi connectivity index (χ3v) is 7.15. The number of alkyl halides is 2. The Morgan fingerprint density at radius 3 is 2.53 bits per heavy atom. The van der Waals surface area contributed by atoms with Crippen molar-refractivity contribution >= 4 is 15.9 Å². The van der Waals surface area contributed by atoms with E-state index < -0.39 is 40.4 Å². The van der Waals surface area contributed by atoms with Crippen LogP contribution in [0.2, 0.25) is 0 Å². The number of halogens is 2. The first-order chi connectivity index (χ1) is 15.2. The van der Waals surface area contributed by atoms with Crippen LogP contribution in [0.4, 0.5) is 8.78 Å². The van der Waals surface area contributed by atoms with E-state index >= 15 is 0 Å². The molecule has 0 spiro atoms. The van der Waals surface area contributed by atoms with Crippen molar-refractivity contribution in [1.29, 1.82) is 0 Å². The average molecular weight is 463 g/mol. The largest absolute Gasteiger partial charge is 0.333 e. The second kappa shape index (κ2) is 8.90. The molecule has 0 bridgehead atoms. The number of benzene rings is 2. The Balaban J connectivity index is 1.81. The number of piperidine rings is 1. The maximum absolute atomic E-state index is 14.9. The fourth-order valence-corrected chi connectivity index (χ4v) is 5.84. The maximum Gasteiger partial charge on any atom is 0.324 e. The number of rotatable bonds is 3. The van der Waals surface area contributed by atoms with Gasteiger partial charge in [0, 0.05) is 19.0 Å². The lowest BCUT2D eigenvalue weighted by Gasteiger charge is -2.43. The van der Waals surface area contributed by atoms with Gasteiger partial charge in [0.05, 0.1) is 12.3 Å². The SMILES string of the molecule is CS(=O)(=O)NC1CCCN2C(=O)C(F)(F)CCCc3c(cccc3-c3ccccc3)CC12. The summed E-state index contributed by atoms with van der Waals surface area (Å²) in [6.07, 6.45) is 2.46. The lowest BCUT2D eigenvalue weighted by molar-refractivity contribution is -0.163. The quantitative estimate of drug-likeness (QED) is 0.755. The molecule has 1 fully saturated rings. The van der Waals surface area contributed by atoms with Gasteiger partial charge in [-0.05, 0) is 54.4 Å². The molecule has 2 aromatic carbocycles. The molecular weight excluding hydrogens is 434 g/mol. The minimum absolute atomic E-state index is 0.194. The minimum Gasteiger partial charge on any atom is -0.333 e. The molecule has 0 aliphatic carbocycles. The molecule has 2 unspecified atom stereocenters. The molecule has 1 saturated heterocycles. The smallest absolute Gasteiger partial charge is 0.324 e.